The number of anilines is 2. The fourth-order valence-electron chi connectivity index (χ4n) is 4.93. The molecular formula is C23H33N5O3. The van der Waals surface area contributed by atoms with Crippen LogP contribution in [-0.4, -0.2) is 72.6 Å². The van der Waals surface area contributed by atoms with Crippen molar-refractivity contribution in [1.29, 1.82) is 0 Å². The number of aliphatic hydroxyl groups excluding tert-OH is 1. The molecule has 2 fully saturated rings. The Hall–Kier alpha value is -2.74. The van der Waals surface area contributed by atoms with Crippen LogP contribution in [0, 0.1) is 5.41 Å². The molecule has 1 aliphatic carbocycles. The van der Waals surface area contributed by atoms with Gasteiger partial charge in [-0.05, 0) is 49.3 Å². The summed E-state index contributed by atoms with van der Waals surface area (Å²) in [5.41, 5.74) is 2.99. The van der Waals surface area contributed by atoms with Crippen molar-refractivity contribution < 1.29 is 14.6 Å². The molecule has 168 valence electrons. The third-order valence-electron chi connectivity index (χ3n) is 6.71. The van der Waals surface area contributed by atoms with Crippen LogP contribution in [0.5, 0.6) is 5.75 Å². The van der Waals surface area contributed by atoms with Gasteiger partial charge >= 0.3 is 0 Å². The number of carbonyl (C=O) groups excluding carboxylic acids is 1. The van der Waals surface area contributed by atoms with Gasteiger partial charge in [-0.1, -0.05) is 0 Å². The summed E-state index contributed by atoms with van der Waals surface area (Å²) in [7, 11) is 5.56. The van der Waals surface area contributed by atoms with Gasteiger partial charge in [-0.25, -0.2) is 0 Å². The van der Waals surface area contributed by atoms with Crippen molar-refractivity contribution in [1.82, 2.24) is 14.7 Å². The van der Waals surface area contributed by atoms with E-state index in [9.17, 15) is 4.79 Å². The van der Waals surface area contributed by atoms with E-state index < -0.39 is 0 Å². The van der Waals surface area contributed by atoms with E-state index in [2.05, 4.69) is 10.4 Å². The zero-order chi connectivity index (χ0) is 22.0. The fraction of sp³-hybridized carbons (Fsp3) is 0.565. The molecule has 0 unspecified atom stereocenters. The highest BCUT2D eigenvalue weighted by Gasteiger charge is 2.46. The number of ether oxygens (including phenoxy) is 1. The van der Waals surface area contributed by atoms with Crippen LogP contribution in [0.4, 0.5) is 11.4 Å². The van der Waals surface area contributed by atoms with E-state index in [0.29, 0.717) is 23.6 Å². The molecule has 1 saturated heterocycles. The number of benzene rings is 1. The summed E-state index contributed by atoms with van der Waals surface area (Å²) >= 11 is 0. The largest absolute Gasteiger partial charge is 0.495 e. The molecule has 8 heteroatoms. The van der Waals surface area contributed by atoms with Gasteiger partial charge in [-0.3, -0.25) is 9.48 Å². The maximum absolute atomic E-state index is 13.1. The first kappa shape index (κ1) is 21.5. The third-order valence-corrected chi connectivity index (χ3v) is 6.71. The highest BCUT2D eigenvalue weighted by molar-refractivity contribution is 5.95. The van der Waals surface area contributed by atoms with Gasteiger partial charge in [0.25, 0.3) is 5.91 Å². The lowest BCUT2D eigenvalue weighted by atomic mass is 9.60. The molecule has 2 aliphatic rings. The number of methoxy groups -OCH3 is 1. The second-order valence-electron chi connectivity index (χ2n) is 9.04. The molecule has 2 aromatic rings. The molecule has 1 spiro atoms. The smallest absolute Gasteiger partial charge is 0.253 e. The zero-order valence-electron chi connectivity index (χ0n) is 18.7. The van der Waals surface area contributed by atoms with Crippen molar-refractivity contribution in [2.45, 2.75) is 38.3 Å². The van der Waals surface area contributed by atoms with Crippen LogP contribution < -0.4 is 15.0 Å². The van der Waals surface area contributed by atoms with Crippen molar-refractivity contribution in [3.8, 4) is 5.75 Å². The predicted octanol–water partition coefficient (Wildman–Crippen LogP) is 2.45. The minimum Gasteiger partial charge on any atom is -0.495 e. The molecule has 2 heterocycles. The second-order valence-corrected chi connectivity index (χ2v) is 9.04. The van der Waals surface area contributed by atoms with E-state index in [-0.39, 0.29) is 12.5 Å². The van der Waals surface area contributed by atoms with E-state index in [1.165, 1.54) is 0 Å². The van der Waals surface area contributed by atoms with Crippen LogP contribution in [0.25, 0.3) is 0 Å². The minimum absolute atomic E-state index is 0.0931. The average molecular weight is 428 g/mol. The lowest BCUT2D eigenvalue weighted by Crippen LogP contribution is -2.52. The Bertz CT molecular complexity index is 910. The number of carbonyl (C=O) groups is 1. The lowest BCUT2D eigenvalue weighted by Gasteiger charge is -2.52. The van der Waals surface area contributed by atoms with Crippen molar-refractivity contribution in [2.24, 2.45) is 5.41 Å². The maximum atomic E-state index is 13.1. The topological polar surface area (TPSA) is 82.9 Å². The van der Waals surface area contributed by atoms with E-state index in [1.807, 2.05) is 54.5 Å². The number of hydrogen-bond donors (Lipinski definition) is 2. The summed E-state index contributed by atoms with van der Waals surface area (Å²) in [6, 6.07) is 6.11. The van der Waals surface area contributed by atoms with Crippen LogP contribution in [-0.2, 0) is 6.54 Å². The first-order chi connectivity index (χ1) is 14.9. The highest BCUT2D eigenvalue weighted by Crippen LogP contribution is 2.50. The Kier molecular flexibility index (Phi) is 6.09. The molecule has 1 saturated carbocycles. The molecule has 0 bridgehead atoms. The van der Waals surface area contributed by atoms with Crippen molar-refractivity contribution in [3.05, 3.63) is 36.2 Å². The molecular weight excluding hydrogens is 394 g/mol. The van der Waals surface area contributed by atoms with E-state index in [0.717, 1.165) is 55.9 Å². The van der Waals surface area contributed by atoms with Gasteiger partial charge in [0, 0.05) is 45.0 Å². The SMILES string of the molecule is COc1ccc(C(=O)N2CCC3(CC2)CC(Nc2cnn(CCO)c2)C3)cc1N(C)C. The van der Waals surface area contributed by atoms with E-state index >= 15 is 0 Å². The standard InChI is InChI=1S/C23H33N5O3/c1-26(2)20-12-17(4-5-21(20)31-3)22(30)27-8-6-23(7-9-27)13-18(14-23)25-19-15-24-28(16-19)10-11-29/h4-5,12,15-16,18,25,29H,6-11,13-14H2,1-3H3. The fourth-order valence-corrected chi connectivity index (χ4v) is 4.93. The lowest BCUT2D eigenvalue weighted by molar-refractivity contribution is 0.0220. The van der Waals surface area contributed by atoms with Crippen LogP contribution >= 0.6 is 0 Å². The number of aliphatic hydroxyl groups is 1. The van der Waals surface area contributed by atoms with E-state index in [1.54, 1.807) is 11.8 Å². The number of nitrogens with one attached hydrogen (secondary N) is 1. The summed E-state index contributed by atoms with van der Waals surface area (Å²) in [5.74, 6) is 0.875. The van der Waals surface area contributed by atoms with Gasteiger partial charge in [-0.2, -0.15) is 5.10 Å². The Morgan fingerprint density at radius 2 is 2.06 bits per heavy atom. The quantitative estimate of drug-likeness (QED) is 0.706. The summed E-state index contributed by atoms with van der Waals surface area (Å²) in [6.07, 6.45) is 8.13. The van der Waals surface area contributed by atoms with Gasteiger partial charge in [0.1, 0.15) is 5.75 Å². The molecule has 1 amide bonds. The molecule has 1 aromatic carbocycles. The molecule has 31 heavy (non-hydrogen) atoms. The van der Waals surface area contributed by atoms with Gasteiger partial charge in [0.15, 0.2) is 0 Å². The van der Waals surface area contributed by atoms with Gasteiger partial charge in [0.05, 0.1) is 37.8 Å². The number of rotatable bonds is 7. The summed E-state index contributed by atoms with van der Waals surface area (Å²) in [6.45, 7) is 2.23. The Morgan fingerprint density at radius 1 is 1.32 bits per heavy atom. The van der Waals surface area contributed by atoms with Crippen LogP contribution in [0.1, 0.15) is 36.0 Å². The van der Waals surface area contributed by atoms with Gasteiger partial charge in [-0.15, -0.1) is 0 Å². The van der Waals surface area contributed by atoms with Gasteiger partial charge in [0.2, 0.25) is 0 Å². The number of amides is 1. The number of piperidine rings is 1. The summed E-state index contributed by atoms with van der Waals surface area (Å²) < 4.78 is 7.17. The normalized spacial score (nSPS) is 18.0. The van der Waals surface area contributed by atoms with Crippen LogP contribution in [0.15, 0.2) is 30.6 Å². The van der Waals surface area contributed by atoms with E-state index in [4.69, 9.17) is 9.84 Å². The molecule has 0 atom stereocenters. The molecule has 2 N–H and O–H groups in total. The monoisotopic (exact) mass is 427 g/mol. The first-order valence-electron chi connectivity index (χ1n) is 11.0. The minimum atomic E-state index is 0.0931. The van der Waals surface area contributed by atoms with Crippen LogP contribution in [0.2, 0.25) is 0 Å². The molecule has 0 radical (unpaired) electrons. The van der Waals surface area contributed by atoms with Crippen molar-refractivity contribution >= 4 is 17.3 Å². The maximum Gasteiger partial charge on any atom is 0.253 e. The second kappa shape index (κ2) is 8.78. The predicted molar refractivity (Wildman–Crippen MR) is 121 cm³/mol. The average Bonchev–Trinajstić information content (AvgIpc) is 3.19. The summed E-state index contributed by atoms with van der Waals surface area (Å²) in [4.78, 5) is 17.0. The zero-order valence-corrected chi connectivity index (χ0v) is 18.7. The molecule has 1 aliphatic heterocycles. The number of hydrogen-bond acceptors (Lipinski definition) is 6. The number of aromatic nitrogens is 2. The third kappa shape index (κ3) is 4.49. The number of nitrogens with zero attached hydrogens (tertiary/aromatic N) is 4. The number of likely N-dealkylation sites (tertiary alicyclic amines) is 1. The molecule has 8 nitrogen and oxygen atoms in total. The molecule has 1 aromatic heterocycles. The highest BCUT2D eigenvalue weighted by atomic mass is 16.5. The Morgan fingerprint density at radius 3 is 2.71 bits per heavy atom. The van der Waals surface area contributed by atoms with Crippen molar-refractivity contribution in [3.63, 3.8) is 0 Å². The Balaban J connectivity index is 1.30. The Labute approximate surface area is 183 Å². The van der Waals surface area contributed by atoms with Crippen molar-refractivity contribution in [2.75, 3.05) is 51.1 Å². The molecule has 4 rings (SSSR count). The first-order valence-corrected chi connectivity index (χ1v) is 11.0. The van der Waals surface area contributed by atoms with Crippen LogP contribution in [0.3, 0.4) is 0 Å². The summed E-state index contributed by atoms with van der Waals surface area (Å²) in [5, 5.41) is 16.8. The van der Waals surface area contributed by atoms with Gasteiger partial charge < -0.3 is 25.0 Å².